The van der Waals surface area contributed by atoms with Crippen molar-refractivity contribution in [1.82, 2.24) is 14.8 Å². The predicted octanol–water partition coefficient (Wildman–Crippen LogP) is 2.05. The number of aromatic nitrogens is 3. The van der Waals surface area contributed by atoms with Crippen LogP contribution in [-0.4, -0.2) is 19.9 Å². The zero-order valence-corrected chi connectivity index (χ0v) is 9.48. The average molecular weight is 251 g/mol. The van der Waals surface area contributed by atoms with E-state index in [9.17, 15) is 13.9 Å². The normalized spacial score (nSPS) is 15.1. The molecule has 6 heteroatoms. The number of aliphatic hydroxyl groups is 1. The molecule has 1 N–H and O–H groups in total. The van der Waals surface area contributed by atoms with Crippen molar-refractivity contribution < 1.29 is 13.9 Å². The van der Waals surface area contributed by atoms with Gasteiger partial charge in [0.2, 0.25) is 0 Å². The highest BCUT2D eigenvalue weighted by Crippen LogP contribution is 2.39. The van der Waals surface area contributed by atoms with E-state index in [2.05, 4.69) is 10.2 Å². The molecule has 2 aromatic rings. The van der Waals surface area contributed by atoms with E-state index < -0.39 is 11.6 Å². The fourth-order valence-electron chi connectivity index (χ4n) is 2.01. The maximum Gasteiger partial charge on any atom is 0.169 e. The number of benzene rings is 1. The Labute approximate surface area is 102 Å². The minimum Gasteiger partial charge on any atom is -0.388 e. The highest BCUT2D eigenvalue weighted by atomic mass is 19.2. The molecule has 4 nitrogen and oxygen atoms in total. The minimum atomic E-state index is -0.934. The third kappa shape index (κ3) is 1.69. The van der Waals surface area contributed by atoms with Crippen LogP contribution in [0, 0.1) is 11.6 Å². The summed E-state index contributed by atoms with van der Waals surface area (Å²) in [5, 5.41) is 16.9. The standard InChI is InChI=1S/C12H11F2N3O/c13-9-3-1-2-8(11(9)14)12-16-15-10(6-18)17(12)7-4-5-7/h1-3,7,18H,4-6H2. The van der Waals surface area contributed by atoms with Gasteiger partial charge in [-0.3, -0.25) is 0 Å². The zero-order chi connectivity index (χ0) is 12.7. The first kappa shape index (κ1) is 11.3. The number of halogens is 2. The summed E-state index contributed by atoms with van der Waals surface area (Å²) in [5.74, 6) is -1.19. The first-order valence-corrected chi connectivity index (χ1v) is 5.71. The summed E-state index contributed by atoms with van der Waals surface area (Å²) in [6.45, 7) is -0.263. The molecule has 0 spiro atoms. The molecule has 0 bridgehead atoms. The Morgan fingerprint density at radius 2 is 2.06 bits per heavy atom. The third-order valence-electron chi connectivity index (χ3n) is 3.01. The third-order valence-corrected chi connectivity index (χ3v) is 3.01. The second kappa shape index (κ2) is 4.13. The van der Waals surface area contributed by atoms with Crippen molar-refractivity contribution in [2.45, 2.75) is 25.5 Å². The Kier molecular flexibility index (Phi) is 2.59. The van der Waals surface area contributed by atoms with Gasteiger partial charge in [0, 0.05) is 6.04 Å². The van der Waals surface area contributed by atoms with Gasteiger partial charge in [-0.15, -0.1) is 10.2 Å². The molecule has 1 heterocycles. The van der Waals surface area contributed by atoms with Gasteiger partial charge in [-0.1, -0.05) is 6.07 Å². The van der Waals surface area contributed by atoms with Gasteiger partial charge in [0.25, 0.3) is 0 Å². The van der Waals surface area contributed by atoms with Gasteiger partial charge in [-0.05, 0) is 25.0 Å². The molecule has 94 valence electrons. The van der Waals surface area contributed by atoms with Gasteiger partial charge in [-0.25, -0.2) is 8.78 Å². The maximum atomic E-state index is 13.7. The molecular formula is C12H11F2N3O. The summed E-state index contributed by atoms with van der Waals surface area (Å²) in [6.07, 6.45) is 1.88. The van der Waals surface area contributed by atoms with Crippen molar-refractivity contribution in [3.63, 3.8) is 0 Å². The molecule has 1 fully saturated rings. The second-order valence-corrected chi connectivity index (χ2v) is 4.30. The molecule has 0 radical (unpaired) electrons. The lowest BCUT2D eigenvalue weighted by atomic mass is 10.2. The van der Waals surface area contributed by atoms with Gasteiger partial charge >= 0.3 is 0 Å². The number of rotatable bonds is 3. The van der Waals surface area contributed by atoms with Gasteiger partial charge in [0.15, 0.2) is 23.3 Å². The van der Waals surface area contributed by atoms with Crippen LogP contribution in [0.3, 0.4) is 0 Å². The van der Waals surface area contributed by atoms with Crippen LogP contribution in [0.15, 0.2) is 18.2 Å². The Bertz CT molecular complexity index is 593. The molecule has 1 aromatic carbocycles. The van der Waals surface area contributed by atoms with Crippen molar-refractivity contribution in [2.24, 2.45) is 0 Å². The van der Waals surface area contributed by atoms with E-state index in [-0.39, 0.29) is 24.0 Å². The molecule has 1 aromatic heterocycles. The van der Waals surface area contributed by atoms with Crippen LogP contribution in [0.4, 0.5) is 8.78 Å². The van der Waals surface area contributed by atoms with Crippen LogP contribution in [0.1, 0.15) is 24.7 Å². The van der Waals surface area contributed by atoms with Gasteiger partial charge in [0.1, 0.15) is 6.61 Å². The molecule has 1 saturated carbocycles. The highest BCUT2D eigenvalue weighted by Gasteiger charge is 2.30. The van der Waals surface area contributed by atoms with Gasteiger partial charge in [0.05, 0.1) is 5.56 Å². The Morgan fingerprint density at radius 1 is 1.28 bits per heavy atom. The molecule has 0 amide bonds. The summed E-state index contributed by atoms with van der Waals surface area (Å²) < 4.78 is 28.7. The lowest BCUT2D eigenvalue weighted by Crippen LogP contribution is -2.04. The molecule has 3 rings (SSSR count). The number of hydrogen-bond acceptors (Lipinski definition) is 3. The molecule has 1 aliphatic carbocycles. The van der Waals surface area contributed by atoms with E-state index in [0.29, 0.717) is 5.82 Å². The van der Waals surface area contributed by atoms with E-state index in [4.69, 9.17) is 0 Å². The van der Waals surface area contributed by atoms with Crippen molar-refractivity contribution in [1.29, 1.82) is 0 Å². The Hall–Kier alpha value is -1.82. The van der Waals surface area contributed by atoms with Crippen LogP contribution in [0.2, 0.25) is 0 Å². The largest absolute Gasteiger partial charge is 0.388 e. The average Bonchev–Trinajstić information content (AvgIpc) is 3.12. The molecule has 0 saturated heterocycles. The lowest BCUT2D eigenvalue weighted by Gasteiger charge is -2.08. The summed E-state index contributed by atoms with van der Waals surface area (Å²) in [4.78, 5) is 0. The predicted molar refractivity (Wildman–Crippen MR) is 59.6 cm³/mol. The lowest BCUT2D eigenvalue weighted by molar-refractivity contribution is 0.265. The molecule has 0 aliphatic heterocycles. The van der Waals surface area contributed by atoms with E-state index in [0.717, 1.165) is 18.9 Å². The first-order valence-electron chi connectivity index (χ1n) is 5.71. The minimum absolute atomic E-state index is 0.0779. The smallest absolute Gasteiger partial charge is 0.169 e. The van der Waals surface area contributed by atoms with Crippen LogP contribution in [0.25, 0.3) is 11.4 Å². The van der Waals surface area contributed by atoms with Crippen LogP contribution >= 0.6 is 0 Å². The summed E-state index contributed by atoms with van der Waals surface area (Å²) in [5.41, 5.74) is 0.0779. The Balaban J connectivity index is 2.17. The quantitative estimate of drug-likeness (QED) is 0.908. The fourth-order valence-corrected chi connectivity index (χ4v) is 2.01. The summed E-state index contributed by atoms with van der Waals surface area (Å²) in [7, 11) is 0. The summed E-state index contributed by atoms with van der Waals surface area (Å²) >= 11 is 0. The topological polar surface area (TPSA) is 50.9 Å². The van der Waals surface area contributed by atoms with Crippen LogP contribution in [-0.2, 0) is 6.61 Å². The molecule has 0 atom stereocenters. The second-order valence-electron chi connectivity index (χ2n) is 4.30. The number of hydrogen-bond donors (Lipinski definition) is 1. The van der Waals surface area contributed by atoms with Crippen LogP contribution < -0.4 is 0 Å². The van der Waals surface area contributed by atoms with E-state index in [1.807, 2.05) is 0 Å². The van der Waals surface area contributed by atoms with Crippen molar-refractivity contribution in [2.75, 3.05) is 0 Å². The van der Waals surface area contributed by atoms with Crippen molar-refractivity contribution >= 4 is 0 Å². The number of nitrogens with zero attached hydrogens (tertiary/aromatic N) is 3. The number of aliphatic hydroxyl groups excluding tert-OH is 1. The highest BCUT2D eigenvalue weighted by molar-refractivity contribution is 5.56. The van der Waals surface area contributed by atoms with Crippen molar-refractivity contribution in [3.05, 3.63) is 35.7 Å². The Morgan fingerprint density at radius 3 is 2.72 bits per heavy atom. The maximum absolute atomic E-state index is 13.7. The van der Waals surface area contributed by atoms with E-state index in [1.165, 1.54) is 12.1 Å². The van der Waals surface area contributed by atoms with Crippen molar-refractivity contribution in [3.8, 4) is 11.4 Å². The zero-order valence-electron chi connectivity index (χ0n) is 9.48. The molecular weight excluding hydrogens is 240 g/mol. The van der Waals surface area contributed by atoms with E-state index in [1.54, 1.807) is 4.57 Å². The van der Waals surface area contributed by atoms with E-state index >= 15 is 0 Å². The first-order chi connectivity index (χ1) is 8.72. The van der Waals surface area contributed by atoms with Crippen LogP contribution in [0.5, 0.6) is 0 Å². The molecule has 18 heavy (non-hydrogen) atoms. The fraction of sp³-hybridized carbons (Fsp3) is 0.333. The van der Waals surface area contributed by atoms with Gasteiger partial charge in [-0.2, -0.15) is 0 Å². The monoisotopic (exact) mass is 251 g/mol. The summed E-state index contributed by atoms with van der Waals surface area (Å²) in [6, 6.07) is 4.13. The molecule has 1 aliphatic rings. The van der Waals surface area contributed by atoms with Gasteiger partial charge < -0.3 is 9.67 Å². The SMILES string of the molecule is OCc1nnc(-c2cccc(F)c2F)n1C1CC1. The molecule has 0 unspecified atom stereocenters.